The Hall–Kier alpha value is -3.54. The zero-order chi connectivity index (χ0) is 24.7. The van der Waals surface area contributed by atoms with E-state index in [-0.39, 0.29) is 11.6 Å². The highest BCUT2D eigenvalue weighted by Crippen LogP contribution is 2.42. The van der Waals surface area contributed by atoms with E-state index in [0.717, 1.165) is 24.0 Å². The lowest BCUT2D eigenvalue weighted by Gasteiger charge is -2.24. The fourth-order valence-electron chi connectivity index (χ4n) is 3.85. The summed E-state index contributed by atoms with van der Waals surface area (Å²) in [6.45, 7) is 1.74. The van der Waals surface area contributed by atoms with Crippen LogP contribution in [0.5, 0.6) is 23.0 Å². The molecule has 0 heterocycles. The van der Waals surface area contributed by atoms with Crippen LogP contribution in [0.4, 0.5) is 0 Å². The molecule has 34 heavy (non-hydrogen) atoms. The number of ketones is 2. The fourth-order valence-corrected chi connectivity index (χ4v) is 3.85. The highest BCUT2D eigenvalue weighted by atomic mass is 16.5. The molecule has 1 aliphatic rings. The molecule has 0 bridgehead atoms. The van der Waals surface area contributed by atoms with Crippen LogP contribution in [0.2, 0.25) is 0 Å². The van der Waals surface area contributed by atoms with Gasteiger partial charge in [-0.3, -0.25) is 9.59 Å². The SMILES string of the molecule is COc1ccc(/C=C/C(=O)C(C)(CC2CC2)C(=O)/C=C/c2ccc(OC)c(OC)c2)cc1OC. The first-order valence-electron chi connectivity index (χ1n) is 11.2. The van der Waals surface area contributed by atoms with Crippen LogP contribution in [0.3, 0.4) is 0 Å². The van der Waals surface area contributed by atoms with Crippen LogP contribution in [0.1, 0.15) is 37.3 Å². The summed E-state index contributed by atoms with van der Waals surface area (Å²) in [5, 5.41) is 0. The van der Waals surface area contributed by atoms with E-state index < -0.39 is 5.41 Å². The van der Waals surface area contributed by atoms with Crippen LogP contribution in [-0.2, 0) is 9.59 Å². The molecule has 6 heteroatoms. The monoisotopic (exact) mass is 464 g/mol. The van der Waals surface area contributed by atoms with Crippen molar-refractivity contribution >= 4 is 23.7 Å². The molecule has 0 amide bonds. The average Bonchev–Trinajstić information content (AvgIpc) is 3.68. The summed E-state index contributed by atoms with van der Waals surface area (Å²) in [6.07, 6.45) is 9.04. The normalized spacial score (nSPS) is 13.8. The van der Waals surface area contributed by atoms with E-state index in [4.69, 9.17) is 18.9 Å². The van der Waals surface area contributed by atoms with Crippen LogP contribution < -0.4 is 18.9 Å². The van der Waals surface area contributed by atoms with Gasteiger partial charge in [-0.05, 0) is 66.8 Å². The van der Waals surface area contributed by atoms with Crippen molar-refractivity contribution in [2.24, 2.45) is 11.3 Å². The molecule has 6 nitrogen and oxygen atoms in total. The largest absolute Gasteiger partial charge is 0.493 e. The molecule has 0 N–H and O–H groups in total. The van der Waals surface area contributed by atoms with Crippen LogP contribution >= 0.6 is 0 Å². The van der Waals surface area contributed by atoms with Gasteiger partial charge in [0.05, 0.1) is 33.9 Å². The molecule has 0 saturated heterocycles. The third-order valence-corrected chi connectivity index (χ3v) is 6.15. The zero-order valence-corrected chi connectivity index (χ0v) is 20.4. The fraction of sp³-hybridized carbons (Fsp3) is 0.357. The Morgan fingerprint density at radius 2 is 1.18 bits per heavy atom. The van der Waals surface area contributed by atoms with Crippen molar-refractivity contribution in [1.82, 2.24) is 0 Å². The van der Waals surface area contributed by atoms with Crippen molar-refractivity contribution in [2.75, 3.05) is 28.4 Å². The highest BCUT2D eigenvalue weighted by molar-refractivity contribution is 6.17. The Bertz CT molecular complexity index is 1020. The molecule has 0 spiro atoms. The first kappa shape index (κ1) is 25.1. The summed E-state index contributed by atoms with van der Waals surface area (Å²) in [6, 6.07) is 10.8. The first-order chi connectivity index (χ1) is 16.3. The maximum Gasteiger partial charge on any atom is 0.169 e. The molecule has 2 aromatic rings. The Balaban J connectivity index is 1.81. The van der Waals surface area contributed by atoms with Gasteiger partial charge in [0.25, 0.3) is 0 Å². The molecule has 1 aliphatic carbocycles. The van der Waals surface area contributed by atoms with Crippen molar-refractivity contribution in [3.05, 3.63) is 59.7 Å². The summed E-state index contributed by atoms with van der Waals surface area (Å²) < 4.78 is 21.2. The Labute approximate surface area is 201 Å². The number of hydrogen-bond acceptors (Lipinski definition) is 6. The van der Waals surface area contributed by atoms with Gasteiger partial charge in [0.15, 0.2) is 34.6 Å². The standard InChI is InChI=1S/C28H32O6/c1-28(18-21-6-7-21,26(29)14-10-19-8-12-22(31-2)24(16-19)33-4)27(30)15-11-20-9-13-23(32-3)25(17-20)34-5/h8-17,21H,6-7,18H2,1-5H3/b14-10+,15-11+. The van der Waals surface area contributed by atoms with Gasteiger partial charge in [0, 0.05) is 0 Å². The maximum absolute atomic E-state index is 13.3. The summed E-state index contributed by atoms with van der Waals surface area (Å²) in [5.74, 6) is 2.35. The van der Waals surface area contributed by atoms with Gasteiger partial charge in [0.2, 0.25) is 0 Å². The smallest absolute Gasteiger partial charge is 0.169 e. The third kappa shape index (κ3) is 5.87. The van der Waals surface area contributed by atoms with Gasteiger partial charge in [0.1, 0.15) is 0 Å². The molecule has 3 rings (SSSR count). The number of carbonyl (C=O) groups excluding carboxylic acids is 2. The topological polar surface area (TPSA) is 71.1 Å². The van der Waals surface area contributed by atoms with E-state index in [1.165, 1.54) is 12.2 Å². The van der Waals surface area contributed by atoms with Crippen LogP contribution in [0, 0.1) is 11.3 Å². The van der Waals surface area contributed by atoms with E-state index >= 15 is 0 Å². The minimum absolute atomic E-state index is 0.212. The molecule has 2 aromatic carbocycles. The van der Waals surface area contributed by atoms with Crippen molar-refractivity contribution in [3.63, 3.8) is 0 Å². The molecular formula is C28H32O6. The molecule has 1 saturated carbocycles. The second-order valence-corrected chi connectivity index (χ2v) is 8.60. The maximum atomic E-state index is 13.3. The Morgan fingerprint density at radius 3 is 1.53 bits per heavy atom. The van der Waals surface area contributed by atoms with Gasteiger partial charge in [-0.15, -0.1) is 0 Å². The number of methoxy groups -OCH3 is 4. The first-order valence-corrected chi connectivity index (χ1v) is 11.2. The molecule has 0 unspecified atom stereocenters. The quantitative estimate of drug-likeness (QED) is 0.310. The van der Waals surface area contributed by atoms with Crippen LogP contribution in [0.25, 0.3) is 12.2 Å². The van der Waals surface area contributed by atoms with Crippen molar-refractivity contribution < 1.29 is 28.5 Å². The highest BCUT2D eigenvalue weighted by Gasteiger charge is 2.42. The molecular weight excluding hydrogens is 432 g/mol. The predicted molar refractivity (Wildman–Crippen MR) is 133 cm³/mol. The summed E-state index contributed by atoms with van der Waals surface area (Å²) in [7, 11) is 6.27. The number of ether oxygens (including phenoxy) is 4. The molecule has 0 aromatic heterocycles. The molecule has 180 valence electrons. The van der Waals surface area contributed by atoms with Gasteiger partial charge >= 0.3 is 0 Å². The number of carbonyl (C=O) groups is 2. The summed E-state index contributed by atoms with van der Waals surface area (Å²) in [5.41, 5.74) is 0.447. The predicted octanol–water partition coefficient (Wildman–Crippen LogP) is 5.39. The molecule has 1 fully saturated rings. The van der Waals surface area contributed by atoms with Crippen molar-refractivity contribution in [3.8, 4) is 23.0 Å². The Morgan fingerprint density at radius 1 is 0.765 bits per heavy atom. The molecule has 0 aliphatic heterocycles. The Kier molecular flexibility index (Phi) is 8.16. The van der Waals surface area contributed by atoms with Gasteiger partial charge < -0.3 is 18.9 Å². The van der Waals surface area contributed by atoms with Crippen LogP contribution in [0.15, 0.2) is 48.6 Å². The summed E-state index contributed by atoms with van der Waals surface area (Å²) in [4.78, 5) is 26.6. The molecule has 0 atom stereocenters. The van der Waals surface area contributed by atoms with Gasteiger partial charge in [-0.1, -0.05) is 37.1 Å². The van der Waals surface area contributed by atoms with E-state index in [1.54, 1.807) is 71.8 Å². The summed E-state index contributed by atoms with van der Waals surface area (Å²) >= 11 is 0. The van der Waals surface area contributed by atoms with Crippen molar-refractivity contribution in [2.45, 2.75) is 26.2 Å². The number of rotatable bonds is 12. The minimum atomic E-state index is -1.12. The number of benzene rings is 2. The number of allylic oxidation sites excluding steroid dienone is 2. The van der Waals surface area contributed by atoms with E-state index in [2.05, 4.69) is 0 Å². The molecule has 0 radical (unpaired) electrons. The lowest BCUT2D eigenvalue weighted by molar-refractivity contribution is -0.134. The average molecular weight is 465 g/mol. The number of hydrogen-bond donors (Lipinski definition) is 0. The van der Waals surface area contributed by atoms with Crippen LogP contribution in [-0.4, -0.2) is 40.0 Å². The van der Waals surface area contributed by atoms with Gasteiger partial charge in [-0.25, -0.2) is 0 Å². The van der Waals surface area contributed by atoms with E-state index in [0.29, 0.717) is 35.3 Å². The lowest BCUT2D eigenvalue weighted by atomic mass is 9.76. The zero-order valence-electron chi connectivity index (χ0n) is 20.4. The van der Waals surface area contributed by atoms with Gasteiger partial charge in [-0.2, -0.15) is 0 Å². The third-order valence-electron chi connectivity index (χ3n) is 6.15. The van der Waals surface area contributed by atoms with E-state index in [1.807, 2.05) is 12.1 Å². The van der Waals surface area contributed by atoms with Crippen molar-refractivity contribution in [1.29, 1.82) is 0 Å². The second-order valence-electron chi connectivity index (χ2n) is 8.60. The van der Waals surface area contributed by atoms with E-state index in [9.17, 15) is 9.59 Å². The lowest BCUT2D eigenvalue weighted by Crippen LogP contribution is -2.35. The second kappa shape index (κ2) is 11.1. The minimum Gasteiger partial charge on any atom is -0.493 e.